The Hall–Kier alpha value is -1.86. The predicted molar refractivity (Wildman–Crippen MR) is 78.7 cm³/mol. The third kappa shape index (κ3) is 3.82. The van der Waals surface area contributed by atoms with Crippen LogP contribution in [-0.4, -0.2) is 28.6 Å². The highest BCUT2D eigenvalue weighted by Gasteiger charge is 2.12. The number of carbonyl (C=O) groups is 2. The summed E-state index contributed by atoms with van der Waals surface area (Å²) in [6.45, 7) is -0.156. The fraction of sp³-hybridized carbons (Fsp3) is 0.0833. The number of halogens is 2. The maximum Gasteiger partial charge on any atom is 0.253 e. The van der Waals surface area contributed by atoms with Crippen molar-refractivity contribution in [3.8, 4) is 0 Å². The number of amides is 2. The Morgan fingerprint density at radius 1 is 1.40 bits per heavy atom. The van der Waals surface area contributed by atoms with Crippen LogP contribution in [0.1, 0.15) is 10.4 Å². The monoisotopic (exact) mass is 356 g/mol. The first-order valence-corrected chi connectivity index (χ1v) is 6.75. The van der Waals surface area contributed by atoms with E-state index in [0.29, 0.717) is 16.3 Å². The Bertz CT molecular complexity index is 630. The molecule has 0 fully saturated rings. The van der Waals surface area contributed by atoms with E-state index in [1.165, 1.54) is 12.4 Å². The number of nitrogens with zero attached hydrogens (tertiary/aromatic N) is 1. The van der Waals surface area contributed by atoms with Crippen molar-refractivity contribution in [2.45, 2.75) is 0 Å². The molecule has 8 heteroatoms. The van der Waals surface area contributed by atoms with Gasteiger partial charge in [-0.1, -0.05) is 27.5 Å². The van der Waals surface area contributed by atoms with Crippen molar-refractivity contribution >= 4 is 45.0 Å². The first kappa shape index (κ1) is 14.5. The number of rotatable bonds is 4. The van der Waals surface area contributed by atoms with Crippen molar-refractivity contribution in [1.82, 2.24) is 15.5 Å². The molecule has 20 heavy (non-hydrogen) atoms. The van der Waals surface area contributed by atoms with Crippen LogP contribution in [0.2, 0.25) is 5.02 Å². The fourth-order valence-electron chi connectivity index (χ4n) is 1.45. The zero-order valence-corrected chi connectivity index (χ0v) is 12.5. The molecular weight excluding hydrogens is 348 g/mol. The molecular formula is C12H10BrClN4O2. The number of hydrogen-bond acceptors (Lipinski definition) is 3. The van der Waals surface area contributed by atoms with Gasteiger partial charge in [0.1, 0.15) is 0 Å². The molecule has 1 aromatic carbocycles. The second-order valence-electron chi connectivity index (χ2n) is 3.84. The maximum atomic E-state index is 11.9. The highest BCUT2D eigenvalue weighted by Crippen LogP contribution is 2.21. The SMILES string of the molecule is O=C(CNC(=O)c1ccc(Br)cc1Cl)Nc1cn[nH]c1. The van der Waals surface area contributed by atoms with Gasteiger partial charge in [0.2, 0.25) is 5.91 Å². The summed E-state index contributed by atoms with van der Waals surface area (Å²) in [5, 5.41) is 11.6. The van der Waals surface area contributed by atoms with E-state index >= 15 is 0 Å². The minimum absolute atomic E-state index is 0.156. The van der Waals surface area contributed by atoms with Crippen LogP contribution in [-0.2, 0) is 4.79 Å². The van der Waals surface area contributed by atoms with Gasteiger partial charge >= 0.3 is 0 Å². The minimum Gasteiger partial charge on any atom is -0.343 e. The van der Waals surface area contributed by atoms with Crippen molar-refractivity contribution in [2.24, 2.45) is 0 Å². The largest absolute Gasteiger partial charge is 0.343 e. The van der Waals surface area contributed by atoms with Gasteiger partial charge in [0.25, 0.3) is 5.91 Å². The quantitative estimate of drug-likeness (QED) is 0.784. The van der Waals surface area contributed by atoms with Gasteiger partial charge < -0.3 is 10.6 Å². The average molecular weight is 358 g/mol. The molecule has 0 saturated heterocycles. The topological polar surface area (TPSA) is 86.9 Å². The maximum absolute atomic E-state index is 11.9. The standard InChI is InChI=1S/C12H10BrClN4O2/c13-7-1-2-9(10(14)3-7)12(20)15-6-11(19)18-8-4-16-17-5-8/h1-5H,6H2,(H,15,20)(H,16,17)(H,18,19). The molecule has 0 spiro atoms. The van der Waals surface area contributed by atoms with E-state index in [4.69, 9.17) is 11.6 Å². The molecule has 0 radical (unpaired) electrons. The average Bonchev–Trinajstić information content (AvgIpc) is 2.89. The number of carbonyl (C=O) groups excluding carboxylic acids is 2. The molecule has 6 nitrogen and oxygen atoms in total. The number of H-pyrrole nitrogens is 1. The summed E-state index contributed by atoms with van der Waals surface area (Å²) in [5.41, 5.74) is 0.844. The van der Waals surface area contributed by atoms with Gasteiger partial charge in [0.05, 0.1) is 29.0 Å². The molecule has 1 aromatic heterocycles. The predicted octanol–water partition coefficient (Wildman–Crippen LogP) is 2.19. The van der Waals surface area contributed by atoms with Gasteiger partial charge in [-0.05, 0) is 18.2 Å². The fourth-order valence-corrected chi connectivity index (χ4v) is 2.21. The van der Waals surface area contributed by atoms with E-state index in [1.807, 2.05) is 0 Å². The lowest BCUT2D eigenvalue weighted by Gasteiger charge is -2.07. The summed E-state index contributed by atoms with van der Waals surface area (Å²) in [5.74, 6) is -0.766. The second kappa shape index (κ2) is 6.53. The number of nitrogens with one attached hydrogen (secondary N) is 3. The van der Waals surface area contributed by atoms with Crippen LogP contribution in [0, 0.1) is 0 Å². The third-order valence-electron chi connectivity index (χ3n) is 2.37. The van der Waals surface area contributed by atoms with Crippen LogP contribution in [0.15, 0.2) is 35.1 Å². The molecule has 0 saturated carbocycles. The van der Waals surface area contributed by atoms with Gasteiger partial charge in [0.15, 0.2) is 0 Å². The Balaban J connectivity index is 1.90. The Labute approximate surface area is 128 Å². The smallest absolute Gasteiger partial charge is 0.253 e. The molecule has 3 N–H and O–H groups in total. The normalized spacial score (nSPS) is 10.1. The molecule has 2 aromatic rings. The van der Waals surface area contributed by atoms with Crippen LogP contribution in [0.5, 0.6) is 0 Å². The lowest BCUT2D eigenvalue weighted by atomic mass is 10.2. The van der Waals surface area contributed by atoms with E-state index < -0.39 is 5.91 Å². The highest BCUT2D eigenvalue weighted by atomic mass is 79.9. The van der Waals surface area contributed by atoms with E-state index in [9.17, 15) is 9.59 Å². The molecule has 2 rings (SSSR count). The van der Waals surface area contributed by atoms with Crippen molar-refractivity contribution < 1.29 is 9.59 Å². The van der Waals surface area contributed by atoms with E-state index in [1.54, 1.807) is 18.2 Å². The molecule has 0 aliphatic carbocycles. The van der Waals surface area contributed by atoms with Gasteiger partial charge in [0, 0.05) is 10.7 Å². The number of hydrogen-bond donors (Lipinski definition) is 3. The van der Waals surface area contributed by atoms with Gasteiger partial charge in [-0.3, -0.25) is 14.7 Å². The zero-order chi connectivity index (χ0) is 14.5. The third-order valence-corrected chi connectivity index (χ3v) is 3.17. The number of aromatic nitrogens is 2. The lowest BCUT2D eigenvalue weighted by molar-refractivity contribution is -0.115. The lowest BCUT2D eigenvalue weighted by Crippen LogP contribution is -2.32. The minimum atomic E-state index is -0.412. The van der Waals surface area contributed by atoms with Crippen LogP contribution in [0.25, 0.3) is 0 Å². The summed E-state index contributed by atoms with van der Waals surface area (Å²) >= 11 is 9.20. The number of anilines is 1. The summed E-state index contributed by atoms with van der Waals surface area (Å²) in [7, 11) is 0. The number of aromatic amines is 1. The summed E-state index contributed by atoms with van der Waals surface area (Å²) in [6.07, 6.45) is 3.00. The van der Waals surface area contributed by atoms with Gasteiger partial charge in [-0.15, -0.1) is 0 Å². The van der Waals surface area contributed by atoms with Crippen molar-refractivity contribution in [1.29, 1.82) is 0 Å². The molecule has 0 bridgehead atoms. The second-order valence-corrected chi connectivity index (χ2v) is 5.16. The van der Waals surface area contributed by atoms with Crippen LogP contribution in [0.4, 0.5) is 5.69 Å². The number of benzene rings is 1. The summed E-state index contributed by atoms with van der Waals surface area (Å²) in [6, 6.07) is 4.89. The molecule has 0 unspecified atom stereocenters. The van der Waals surface area contributed by atoms with Crippen LogP contribution in [0.3, 0.4) is 0 Å². The molecule has 1 heterocycles. The molecule has 0 aliphatic heterocycles. The van der Waals surface area contributed by atoms with E-state index in [2.05, 4.69) is 36.8 Å². The highest BCUT2D eigenvalue weighted by molar-refractivity contribution is 9.10. The van der Waals surface area contributed by atoms with Crippen molar-refractivity contribution in [3.63, 3.8) is 0 Å². The van der Waals surface area contributed by atoms with E-state index in [-0.39, 0.29) is 12.5 Å². The molecule has 104 valence electrons. The van der Waals surface area contributed by atoms with Crippen molar-refractivity contribution in [3.05, 3.63) is 45.7 Å². The summed E-state index contributed by atoms with van der Waals surface area (Å²) in [4.78, 5) is 23.5. The Morgan fingerprint density at radius 3 is 2.85 bits per heavy atom. The van der Waals surface area contributed by atoms with Crippen LogP contribution < -0.4 is 10.6 Å². The van der Waals surface area contributed by atoms with Gasteiger partial charge in [-0.25, -0.2) is 0 Å². The zero-order valence-electron chi connectivity index (χ0n) is 10.1. The van der Waals surface area contributed by atoms with Crippen molar-refractivity contribution in [2.75, 3.05) is 11.9 Å². The van der Waals surface area contributed by atoms with Crippen LogP contribution >= 0.6 is 27.5 Å². The molecule has 0 aliphatic rings. The first-order chi connectivity index (χ1) is 9.56. The van der Waals surface area contributed by atoms with Gasteiger partial charge in [-0.2, -0.15) is 5.10 Å². The van der Waals surface area contributed by atoms with E-state index in [0.717, 1.165) is 4.47 Å². The molecule has 0 atom stereocenters. The first-order valence-electron chi connectivity index (χ1n) is 5.58. The molecule has 2 amide bonds. The Kier molecular flexibility index (Phi) is 4.75. The Morgan fingerprint density at radius 2 is 2.20 bits per heavy atom. The summed E-state index contributed by atoms with van der Waals surface area (Å²) < 4.78 is 0.775.